The number of rotatable bonds is 4. The van der Waals surface area contributed by atoms with E-state index in [-0.39, 0.29) is 18.0 Å². The van der Waals surface area contributed by atoms with Crippen molar-refractivity contribution in [3.63, 3.8) is 0 Å². The first-order chi connectivity index (χ1) is 12.2. The minimum Gasteiger partial charge on any atom is -0.444 e. The highest BCUT2D eigenvalue weighted by Crippen LogP contribution is 2.24. The molecule has 2 N–H and O–H groups in total. The number of hydrogen-bond donors (Lipinski definition) is 2. The summed E-state index contributed by atoms with van der Waals surface area (Å²) in [6.07, 6.45) is 5.12. The first-order valence-electron chi connectivity index (χ1n) is 9.25. The number of amides is 2. The summed E-state index contributed by atoms with van der Waals surface area (Å²) < 4.78 is 5.26. The molecule has 0 radical (unpaired) electrons. The molecule has 144 valence electrons. The number of halogens is 1. The van der Waals surface area contributed by atoms with E-state index in [1.54, 1.807) is 12.1 Å². The van der Waals surface area contributed by atoms with Gasteiger partial charge in [-0.25, -0.2) is 4.79 Å². The molecule has 0 bridgehead atoms. The molecule has 0 heterocycles. The lowest BCUT2D eigenvalue weighted by atomic mass is 9.95. The Balaban J connectivity index is 1.99. The third-order valence-electron chi connectivity index (χ3n) is 4.41. The largest absolute Gasteiger partial charge is 0.444 e. The molecule has 2 rings (SSSR count). The number of carbonyl (C=O) groups excluding carboxylic acids is 2. The fourth-order valence-corrected chi connectivity index (χ4v) is 3.34. The second kappa shape index (κ2) is 8.76. The van der Waals surface area contributed by atoms with Gasteiger partial charge in [-0.15, -0.1) is 0 Å². The predicted molar refractivity (Wildman–Crippen MR) is 104 cm³/mol. The quantitative estimate of drug-likeness (QED) is 0.773. The van der Waals surface area contributed by atoms with E-state index in [0.717, 1.165) is 31.2 Å². The van der Waals surface area contributed by atoms with Crippen LogP contribution in [0.1, 0.15) is 81.8 Å². The van der Waals surface area contributed by atoms with Crippen LogP contribution in [0.3, 0.4) is 0 Å². The van der Waals surface area contributed by atoms with Crippen molar-refractivity contribution in [3.8, 4) is 0 Å². The van der Waals surface area contributed by atoms with E-state index in [1.807, 2.05) is 33.8 Å². The maximum Gasteiger partial charge on any atom is 0.408 e. The zero-order valence-electron chi connectivity index (χ0n) is 16.0. The third kappa shape index (κ3) is 6.20. The Morgan fingerprint density at radius 2 is 1.85 bits per heavy atom. The van der Waals surface area contributed by atoms with E-state index in [0.29, 0.717) is 10.6 Å². The Hall–Kier alpha value is -1.75. The van der Waals surface area contributed by atoms with Crippen molar-refractivity contribution >= 4 is 23.6 Å². The van der Waals surface area contributed by atoms with Gasteiger partial charge >= 0.3 is 6.09 Å². The second-order valence-corrected chi connectivity index (χ2v) is 8.32. The number of alkyl carbamates (subject to hydrolysis) is 1. The van der Waals surface area contributed by atoms with Crippen molar-refractivity contribution in [1.82, 2.24) is 10.6 Å². The van der Waals surface area contributed by atoms with Crippen LogP contribution in [0.4, 0.5) is 4.79 Å². The minimum absolute atomic E-state index is 0.138. The number of hydrogen-bond acceptors (Lipinski definition) is 3. The van der Waals surface area contributed by atoms with Gasteiger partial charge in [0, 0.05) is 6.04 Å². The van der Waals surface area contributed by atoms with E-state index in [2.05, 4.69) is 10.6 Å². The van der Waals surface area contributed by atoms with Gasteiger partial charge in [0.15, 0.2) is 0 Å². The van der Waals surface area contributed by atoms with E-state index in [4.69, 9.17) is 16.3 Å². The van der Waals surface area contributed by atoms with Crippen LogP contribution in [0.5, 0.6) is 0 Å². The molecule has 1 saturated carbocycles. The van der Waals surface area contributed by atoms with Crippen molar-refractivity contribution in [2.75, 3.05) is 0 Å². The Morgan fingerprint density at radius 3 is 2.42 bits per heavy atom. The topological polar surface area (TPSA) is 67.4 Å². The maximum absolute atomic E-state index is 12.5. The van der Waals surface area contributed by atoms with Gasteiger partial charge in [-0.2, -0.15) is 0 Å². The Labute approximate surface area is 160 Å². The van der Waals surface area contributed by atoms with Gasteiger partial charge in [-0.3, -0.25) is 4.79 Å². The molecule has 1 aromatic carbocycles. The number of nitrogens with one attached hydrogen (secondary N) is 2. The summed E-state index contributed by atoms with van der Waals surface area (Å²) in [6.45, 7) is 7.28. The Kier molecular flexibility index (Phi) is 6.93. The van der Waals surface area contributed by atoms with Crippen LogP contribution in [-0.4, -0.2) is 23.6 Å². The molecule has 1 fully saturated rings. The van der Waals surface area contributed by atoms with Crippen molar-refractivity contribution in [1.29, 1.82) is 0 Å². The first kappa shape index (κ1) is 20.6. The summed E-state index contributed by atoms with van der Waals surface area (Å²) in [5, 5.41) is 6.23. The molecule has 0 aromatic heterocycles. The predicted octanol–water partition coefficient (Wildman–Crippen LogP) is 4.99. The van der Waals surface area contributed by atoms with Crippen molar-refractivity contribution in [3.05, 3.63) is 34.3 Å². The van der Waals surface area contributed by atoms with E-state index >= 15 is 0 Å². The van der Waals surface area contributed by atoms with E-state index in [1.165, 1.54) is 6.42 Å². The van der Waals surface area contributed by atoms with Crippen LogP contribution in [0.15, 0.2) is 18.2 Å². The van der Waals surface area contributed by atoms with Gasteiger partial charge in [0.1, 0.15) is 5.60 Å². The highest BCUT2D eigenvalue weighted by Gasteiger charge is 2.21. The minimum atomic E-state index is -0.553. The average Bonchev–Trinajstić information content (AvgIpc) is 2.53. The van der Waals surface area contributed by atoms with Crippen molar-refractivity contribution in [2.24, 2.45) is 0 Å². The summed E-state index contributed by atoms with van der Waals surface area (Å²) in [6, 6.07) is 5.20. The van der Waals surface area contributed by atoms with Gasteiger partial charge in [0.05, 0.1) is 16.6 Å². The molecule has 1 atom stereocenters. The summed E-state index contributed by atoms with van der Waals surface area (Å²) in [7, 11) is 0. The summed E-state index contributed by atoms with van der Waals surface area (Å²) >= 11 is 6.32. The molecule has 1 aromatic rings. The van der Waals surface area contributed by atoms with Gasteiger partial charge in [-0.05, 0) is 58.2 Å². The highest BCUT2D eigenvalue weighted by atomic mass is 35.5. The molecule has 5 nitrogen and oxygen atoms in total. The lowest BCUT2D eigenvalue weighted by molar-refractivity contribution is 0.0507. The maximum atomic E-state index is 12.5. The molecule has 6 heteroatoms. The van der Waals surface area contributed by atoms with Gasteiger partial charge in [0.25, 0.3) is 5.91 Å². The van der Waals surface area contributed by atoms with Crippen LogP contribution in [-0.2, 0) is 4.74 Å². The molecule has 1 aliphatic carbocycles. The monoisotopic (exact) mass is 380 g/mol. The van der Waals surface area contributed by atoms with Crippen LogP contribution >= 0.6 is 11.6 Å². The van der Waals surface area contributed by atoms with E-state index in [9.17, 15) is 9.59 Å². The zero-order chi connectivity index (χ0) is 19.3. The van der Waals surface area contributed by atoms with E-state index < -0.39 is 11.7 Å². The molecular formula is C20H29ClN2O3. The Bertz CT molecular complexity index is 649. The van der Waals surface area contributed by atoms with Gasteiger partial charge in [0.2, 0.25) is 0 Å². The van der Waals surface area contributed by atoms with Crippen LogP contribution < -0.4 is 10.6 Å². The number of benzene rings is 1. The van der Waals surface area contributed by atoms with Crippen molar-refractivity contribution < 1.29 is 14.3 Å². The van der Waals surface area contributed by atoms with Crippen LogP contribution in [0, 0.1) is 0 Å². The molecule has 0 aliphatic heterocycles. The SMILES string of the molecule is CC(NC(=O)OC(C)(C)C)c1ccc(C(=O)NC2CCCCC2)c(Cl)c1. The van der Waals surface area contributed by atoms with Crippen LogP contribution in [0.25, 0.3) is 0 Å². The normalized spacial score (nSPS) is 16.7. The molecule has 1 unspecified atom stereocenters. The highest BCUT2D eigenvalue weighted by molar-refractivity contribution is 6.33. The average molecular weight is 381 g/mol. The fourth-order valence-electron chi connectivity index (χ4n) is 3.06. The lowest BCUT2D eigenvalue weighted by Crippen LogP contribution is -2.36. The molecule has 26 heavy (non-hydrogen) atoms. The van der Waals surface area contributed by atoms with Gasteiger partial charge < -0.3 is 15.4 Å². The smallest absolute Gasteiger partial charge is 0.408 e. The Morgan fingerprint density at radius 1 is 1.19 bits per heavy atom. The third-order valence-corrected chi connectivity index (χ3v) is 4.72. The summed E-state index contributed by atoms with van der Waals surface area (Å²) in [4.78, 5) is 24.4. The molecule has 0 saturated heterocycles. The molecular weight excluding hydrogens is 352 g/mol. The van der Waals surface area contributed by atoms with Crippen molar-refractivity contribution in [2.45, 2.75) is 77.5 Å². The second-order valence-electron chi connectivity index (χ2n) is 7.92. The fraction of sp³-hybridized carbons (Fsp3) is 0.600. The standard InChI is InChI=1S/C20H29ClN2O3/c1-13(22-19(25)26-20(2,3)4)14-10-11-16(17(21)12-14)18(24)23-15-8-6-5-7-9-15/h10-13,15H,5-9H2,1-4H3,(H,22,25)(H,23,24). The first-order valence-corrected chi connectivity index (χ1v) is 9.63. The van der Waals surface area contributed by atoms with Gasteiger partial charge in [-0.1, -0.05) is 36.9 Å². The van der Waals surface area contributed by atoms with Crippen LogP contribution in [0.2, 0.25) is 5.02 Å². The number of carbonyl (C=O) groups is 2. The number of ether oxygens (including phenoxy) is 1. The molecule has 0 spiro atoms. The zero-order valence-corrected chi connectivity index (χ0v) is 16.8. The summed E-state index contributed by atoms with van der Waals surface area (Å²) in [5.41, 5.74) is 0.725. The summed E-state index contributed by atoms with van der Waals surface area (Å²) in [5.74, 6) is -0.138. The lowest BCUT2D eigenvalue weighted by Gasteiger charge is -2.23. The molecule has 1 aliphatic rings. The molecule has 2 amide bonds.